The Morgan fingerprint density at radius 2 is 1.89 bits per heavy atom. The molecule has 3 rings (SSSR count). The lowest BCUT2D eigenvalue weighted by molar-refractivity contribution is 0.0655. The van der Waals surface area contributed by atoms with Gasteiger partial charge in [-0.1, -0.05) is 0 Å². The second-order valence-electron chi connectivity index (χ2n) is 5.90. The van der Waals surface area contributed by atoms with Crippen LogP contribution in [0.5, 0.6) is 0 Å². The van der Waals surface area contributed by atoms with Gasteiger partial charge in [0.2, 0.25) is 0 Å². The van der Waals surface area contributed by atoms with Crippen LogP contribution in [-0.4, -0.2) is 52.5 Å². The van der Waals surface area contributed by atoms with E-state index in [0.29, 0.717) is 12.1 Å². The minimum absolute atomic E-state index is 0.204. The van der Waals surface area contributed by atoms with Crippen LogP contribution in [0.15, 0.2) is 18.3 Å². The van der Waals surface area contributed by atoms with Crippen LogP contribution in [-0.2, 0) is 7.05 Å². The predicted octanol–water partition coefficient (Wildman–Crippen LogP) is 1.72. The first-order chi connectivity index (χ1) is 9.18. The van der Waals surface area contributed by atoms with Crippen LogP contribution in [0.25, 0.3) is 0 Å². The van der Waals surface area contributed by atoms with Crippen molar-refractivity contribution in [3.05, 3.63) is 24.0 Å². The van der Waals surface area contributed by atoms with Gasteiger partial charge in [0, 0.05) is 31.9 Å². The third-order valence-electron chi connectivity index (χ3n) is 4.74. The predicted molar refractivity (Wildman–Crippen MR) is 75.1 cm³/mol. The standard InChI is InChI=1S/C15H23N3O/c1-16-9-3-6-12(16)13-7-5-11-18(13)15(19)14-8-4-10-17(14)2/h4,8,10,12-13H,3,5-7,9,11H2,1-2H3/t12-,13+/m1/s1. The van der Waals surface area contributed by atoms with E-state index in [-0.39, 0.29) is 5.91 Å². The Bertz CT molecular complexity index is 468. The van der Waals surface area contributed by atoms with Gasteiger partial charge in [-0.05, 0) is 51.4 Å². The summed E-state index contributed by atoms with van der Waals surface area (Å²) in [5, 5.41) is 0. The third kappa shape index (κ3) is 2.18. The van der Waals surface area contributed by atoms with E-state index in [1.54, 1.807) is 0 Å². The Balaban J connectivity index is 1.80. The van der Waals surface area contributed by atoms with E-state index < -0.39 is 0 Å². The highest BCUT2D eigenvalue weighted by atomic mass is 16.2. The number of amides is 1. The molecule has 1 amide bonds. The first-order valence-electron chi connectivity index (χ1n) is 7.31. The molecule has 2 aliphatic heterocycles. The average molecular weight is 261 g/mol. The Morgan fingerprint density at radius 3 is 2.53 bits per heavy atom. The van der Waals surface area contributed by atoms with Crippen LogP contribution in [0, 0.1) is 0 Å². The quantitative estimate of drug-likeness (QED) is 0.811. The molecule has 2 fully saturated rings. The Morgan fingerprint density at radius 1 is 1.16 bits per heavy atom. The molecule has 0 N–H and O–H groups in total. The van der Waals surface area contributed by atoms with Gasteiger partial charge in [0.25, 0.3) is 5.91 Å². The van der Waals surface area contributed by atoms with E-state index in [2.05, 4.69) is 16.8 Å². The molecule has 0 unspecified atom stereocenters. The van der Waals surface area contributed by atoms with Gasteiger partial charge in [0.1, 0.15) is 5.69 Å². The van der Waals surface area contributed by atoms with E-state index in [1.807, 2.05) is 29.9 Å². The molecule has 4 nitrogen and oxygen atoms in total. The molecule has 0 radical (unpaired) electrons. The molecule has 0 bridgehead atoms. The highest BCUT2D eigenvalue weighted by Crippen LogP contribution is 2.30. The van der Waals surface area contributed by atoms with Crippen molar-refractivity contribution in [3.63, 3.8) is 0 Å². The molecule has 19 heavy (non-hydrogen) atoms. The van der Waals surface area contributed by atoms with Gasteiger partial charge in [-0.25, -0.2) is 0 Å². The molecule has 1 aromatic heterocycles. The third-order valence-corrected chi connectivity index (χ3v) is 4.74. The SMILES string of the molecule is CN1CCC[C@@H]1[C@@H]1CCCN1C(=O)c1cccn1C. The average Bonchev–Trinajstić information content (AvgIpc) is 3.07. The molecule has 104 valence electrons. The summed E-state index contributed by atoms with van der Waals surface area (Å²) >= 11 is 0. The van der Waals surface area contributed by atoms with E-state index in [9.17, 15) is 4.79 Å². The van der Waals surface area contributed by atoms with Crippen LogP contribution in [0.1, 0.15) is 36.2 Å². The Hall–Kier alpha value is -1.29. The molecule has 0 saturated carbocycles. The van der Waals surface area contributed by atoms with Crippen LogP contribution >= 0.6 is 0 Å². The molecule has 0 aromatic carbocycles. The number of aryl methyl sites for hydroxylation is 1. The maximum atomic E-state index is 12.7. The van der Waals surface area contributed by atoms with E-state index in [4.69, 9.17) is 0 Å². The lowest BCUT2D eigenvalue weighted by Crippen LogP contribution is -2.47. The van der Waals surface area contributed by atoms with Crippen LogP contribution in [0.3, 0.4) is 0 Å². The fourth-order valence-corrected chi connectivity index (χ4v) is 3.70. The number of rotatable bonds is 2. The van der Waals surface area contributed by atoms with Crippen molar-refractivity contribution in [1.82, 2.24) is 14.4 Å². The van der Waals surface area contributed by atoms with Crippen molar-refractivity contribution < 1.29 is 4.79 Å². The number of aromatic nitrogens is 1. The zero-order valence-corrected chi connectivity index (χ0v) is 11.9. The number of likely N-dealkylation sites (tertiary alicyclic amines) is 2. The monoisotopic (exact) mass is 261 g/mol. The molecule has 0 spiro atoms. The number of carbonyl (C=O) groups excluding carboxylic acids is 1. The highest BCUT2D eigenvalue weighted by Gasteiger charge is 2.38. The zero-order chi connectivity index (χ0) is 13.4. The molecule has 2 saturated heterocycles. The molecule has 2 atom stereocenters. The van der Waals surface area contributed by atoms with E-state index in [0.717, 1.165) is 25.1 Å². The van der Waals surface area contributed by atoms with Crippen LogP contribution in [0.2, 0.25) is 0 Å². The summed E-state index contributed by atoms with van der Waals surface area (Å²) in [7, 11) is 4.14. The van der Waals surface area contributed by atoms with Gasteiger partial charge in [-0.3, -0.25) is 4.79 Å². The maximum absolute atomic E-state index is 12.7. The molecule has 1 aromatic rings. The number of hydrogen-bond acceptors (Lipinski definition) is 2. The smallest absolute Gasteiger partial charge is 0.270 e. The summed E-state index contributed by atoms with van der Waals surface area (Å²) in [4.78, 5) is 17.2. The van der Waals surface area contributed by atoms with Crippen molar-refractivity contribution in [2.75, 3.05) is 20.1 Å². The minimum atomic E-state index is 0.204. The van der Waals surface area contributed by atoms with Gasteiger partial charge in [-0.15, -0.1) is 0 Å². The minimum Gasteiger partial charge on any atom is -0.347 e. The van der Waals surface area contributed by atoms with Crippen molar-refractivity contribution >= 4 is 5.91 Å². The first kappa shape index (κ1) is 12.7. The van der Waals surface area contributed by atoms with E-state index in [1.165, 1.54) is 19.4 Å². The first-order valence-corrected chi connectivity index (χ1v) is 7.31. The normalized spacial score (nSPS) is 28.2. The lowest BCUT2D eigenvalue weighted by atomic mass is 10.0. The molecule has 0 aliphatic carbocycles. The number of hydrogen-bond donors (Lipinski definition) is 0. The molecular formula is C15H23N3O. The molecule has 4 heteroatoms. The Kier molecular flexibility index (Phi) is 3.35. The second-order valence-corrected chi connectivity index (χ2v) is 5.90. The van der Waals surface area contributed by atoms with Gasteiger partial charge in [0.05, 0.1) is 0 Å². The van der Waals surface area contributed by atoms with Crippen LogP contribution in [0.4, 0.5) is 0 Å². The summed E-state index contributed by atoms with van der Waals surface area (Å²) in [6.07, 6.45) is 6.75. The topological polar surface area (TPSA) is 28.5 Å². The van der Waals surface area contributed by atoms with Gasteiger partial charge in [0.15, 0.2) is 0 Å². The number of likely N-dealkylation sites (N-methyl/N-ethyl adjacent to an activating group) is 1. The number of carbonyl (C=O) groups is 1. The fourth-order valence-electron chi connectivity index (χ4n) is 3.70. The molecule has 2 aliphatic rings. The largest absolute Gasteiger partial charge is 0.347 e. The summed E-state index contributed by atoms with van der Waals surface area (Å²) < 4.78 is 1.93. The van der Waals surface area contributed by atoms with Gasteiger partial charge >= 0.3 is 0 Å². The highest BCUT2D eigenvalue weighted by molar-refractivity contribution is 5.93. The molecule has 3 heterocycles. The van der Waals surface area contributed by atoms with E-state index >= 15 is 0 Å². The number of nitrogens with zero attached hydrogens (tertiary/aromatic N) is 3. The van der Waals surface area contributed by atoms with Crippen molar-refractivity contribution in [2.24, 2.45) is 7.05 Å². The zero-order valence-electron chi connectivity index (χ0n) is 11.9. The van der Waals surface area contributed by atoms with Crippen LogP contribution < -0.4 is 0 Å². The molecular weight excluding hydrogens is 238 g/mol. The fraction of sp³-hybridized carbons (Fsp3) is 0.667. The van der Waals surface area contributed by atoms with Gasteiger partial charge < -0.3 is 14.4 Å². The lowest BCUT2D eigenvalue weighted by Gasteiger charge is -2.33. The van der Waals surface area contributed by atoms with Crippen molar-refractivity contribution in [3.8, 4) is 0 Å². The summed E-state index contributed by atoms with van der Waals surface area (Å²) in [6.45, 7) is 2.09. The van der Waals surface area contributed by atoms with Gasteiger partial charge in [-0.2, -0.15) is 0 Å². The maximum Gasteiger partial charge on any atom is 0.270 e. The summed E-state index contributed by atoms with van der Waals surface area (Å²) in [5.74, 6) is 0.204. The second kappa shape index (κ2) is 5.00. The summed E-state index contributed by atoms with van der Waals surface area (Å²) in [5.41, 5.74) is 0.813. The Labute approximate surface area is 115 Å². The summed E-state index contributed by atoms with van der Waals surface area (Å²) in [6, 6.07) is 4.84. The van der Waals surface area contributed by atoms with Crippen molar-refractivity contribution in [1.29, 1.82) is 0 Å². The van der Waals surface area contributed by atoms with Crippen molar-refractivity contribution in [2.45, 2.75) is 37.8 Å².